The van der Waals surface area contributed by atoms with Gasteiger partial charge in [0.1, 0.15) is 6.04 Å². The van der Waals surface area contributed by atoms with Crippen molar-refractivity contribution in [1.82, 2.24) is 10.2 Å². The molecule has 1 heterocycles. The molecule has 1 N–H and O–H groups in total. The second-order valence-corrected chi connectivity index (χ2v) is 6.38. The van der Waals surface area contributed by atoms with Crippen LogP contribution in [0.3, 0.4) is 0 Å². The lowest BCUT2D eigenvalue weighted by atomic mass is 9.97. The van der Waals surface area contributed by atoms with E-state index in [1.54, 1.807) is 17.0 Å². The van der Waals surface area contributed by atoms with Gasteiger partial charge in [-0.15, -0.1) is 0 Å². The lowest BCUT2D eigenvalue weighted by Gasteiger charge is -2.36. The molecule has 0 aliphatic carbocycles. The summed E-state index contributed by atoms with van der Waals surface area (Å²) in [5, 5.41) is 3.50. The van der Waals surface area contributed by atoms with E-state index in [0.29, 0.717) is 18.1 Å². The third-order valence-electron chi connectivity index (χ3n) is 4.28. The Morgan fingerprint density at radius 2 is 1.92 bits per heavy atom. The van der Waals surface area contributed by atoms with E-state index in [-0.39, 0.29) is 18.2 Å². The molecule has 2 aromatic rings. The highest BCUT2D eigenvalue weighted by atomic mass is 35.5. The van der Waals surface area contributed by atoms with E-state index < -0.39 is 6.04 Å². The smallest absolute Gasteiger partial charge is 0.247 e. The Kier molecular flexibility index (Phi) is 4.86. The van der Waals surface area contributed by atoms with Crippen LogP contribution in [0.25, 0.3) is 0 Å². The summed E-state index contributed by atoms with van der Waals surface area (Å²) in [4.78, 5) is 26.9. The molecule has 0 bridgehead atoms. The zero-order valence-electron chi connectivity index (χ0n) is 13.5. The molecular formula is C19H19ClN2O2. The maximum absolute atomic E-state index is 12.8. The fourth-order valence-corrected chi connectivity index (χ4v) is 3.14. The van der Waals surface area contributed by atoms with Gasteiger partial charge >= 0.3 is 0 Å². The monoisotopic (exact) mass is 342 g/mol. The van der Waals surface area contributed by atoms with Crippen molar-refractivity contribution in [1.29, 1.82) is 0 Å². The molecule has 1 aliphatic heterocycles. The third kappa shape index (κ3) is 3.44. The van der Waals surface area contributed by atoms with Gasteiger partial charge in [-0.05, 0) is 35.7 Å². The number of carbonyl (C=O) groups excluding carboxylic acids is 2. The van der Waals surface area contributed by atoms with Crippen molar-refractivity contribution in [3.8, 4) is 0 Å². The predicted octanol–water partition coefficient (Wildman–Crippen LogP) is 2.89. The zero-order valence-corrected chi connectivity index (χ0v) is 14.2. The van der Waals surface area contributed by atoms with Gasteiger partial charge in [0.15, 0.2) is 0 Å². The van der Waals surface area contributed by atoms with E-state index in [0.717, 1.165) is 16.7 Å². The SMILES string of the molecule is Cc1ccccc1C1C(=O)NCCN1C(=O)Cc1ccc(Cl)cc1. The molecule has 124 valence electrons. The minimum atomic E-state index is -0.570. The van der Waals surface area contributed by atoms with Crippen LogP contribution in [0.5, 0.6) is 0 Å². The van der Waals surface area contributed by atoms with Crippen molar-refractivity contribution in [3.63, 3.8) is 0 Å². The van der Waals surface area contributed by atoms with Gasteiger partial charge in [-0.1, -0.05) is 48.0 Å². The minimum absolute atomic E-state index is 0.0552. The topological polar surface area (TPSA) is 49.4 Å². The van der Waals surface area contributed by atoms with E-state index in [1.807, 2.05) is 43.3 Å². The van der Waals surface area contributed by atoms with Gasteiger partial charge in [0.05, 0.1) is 6.42 Å². The van der Waals surface area contributed by atoms with Crippen LogP contribution in [-0.4, -0.2) is 29.8 Å². The first kappa shape index (κ1) is 16.5. The van der Waals surface area contributed by atoms with Gasteiger partial charge in [0.25, 0.3) is 0 Å². The largest absolute Gasteiger partial charge is 0.352 e. The molecule has 4 nitrogen and oxygen atoms in total. The van der Waals surface area contributed by atoms with Gasteiger partial charge in [-0.2, -0.15) is 0 Å². The highest BCUT2D eigenvalue weighted by molar-refractivity contribution is 6.30. The molecule has 0 saturated carbocycles. The first-order valence-electron chi connectivity index (χ1n) is 7.93. The standard InChI is InChI=1S/C19H19ClN2O2/c1-13-4-2-3-5-16(13)18-19(24)21-10-11-22(18)17(23)12-14-6-8-15(20)9-7-14/h2-9,18H,10-12H2,1H3,(H,21,24). The summed E-state index contributed by atoms with van der Waals surface area (Å²) in [6.07, 6.45) is 0.257. The highest BCUT2D eigenvalue weighted by Gasteiger charge is 2.34. The first-order valence-corrected chi connectivity index (χ1v) is 8.31. The van der Waals surface area contributed by atoms with Crippen molar-refractivity contribution in [2.75, 3.05) is 13.1 Å². The molecule has 1 atom stereocenters. The number of hydrogen-bond donors (Lipinski definition) is 1. The van der Waals surface area contributed by atoms with Crippen LogP contribution in [0.1, 0.15) is 22.7 Å². The van der Waals surface area contributed by atoms with E-state index in [9.17, 15) is 9.59 Å². The fraction of sp³-hybridized carbons (Fsp3) is 0.263. The molecule has 1 fully saturated rings. The Balaban J connectivity index is 1.86. The minimum Gasteiger partial charge on any atom is -0.352 e. The summed E-state index contributed by atoms with van der Waals surface area (Å²) in [6, 6.07) is 14.3. The maximum atomic E-state index is 12.8. The number of hydrogen-bond acceptors (Lipinski definition) is 2. The van der Waals surface area contributed by atoms with E-state index in [1.165, 1.54) is 0 Å². The number of nitrogens with one attached hydrogen (secondary N) is 1. The average Bonchev–Trinajstić information content (AvgIpc) is 2.57. The van der Waals surface area contributed by atoms with E-state index in [4.69, 9.17) is 11.6 Å². The highest BCUT2D eigenvalue weighted by Crippen LogP contribution is 2.26. The van der Waals surface area contributed by atoms with Crippen LogP contribution in [-0.2, 0) is 16.0 Å². The van der Waals surface area contributed by atoms with Crippen LogP contribution in [0, 0.1) is 6.92 Å². The Morgan fingerprint density at radius 3 is 2.62 bits per heavy atom. The zero-order chi connectivity index (χ0) is 17.1. The third-order valence-corrected chi connectivity index (χ3v) is 4.54. The van der Waals surface area contributed by atoms with Gasteiger partial charge in [-0.3, -0.25) is 9.59 Å². The lowest BCUT2D eigenvalue weighted by molar-refractivity contribution is -0.143. The van der Waals surface area contributed by atoms with E-state index in [2.05, 4.69) is 5.32 Å². The predicted molar refractivity (Wildman–Crippen MR) is 93.8 cm³/mol. The first-order chi connectivity index (χ1) is 11.6. The molecule has 5 heteroatoms. The number of benzene rings is 2. The molecule has 0 spiro atoms. The summed E-state index contributed by atoms with van der Waals surface area (Å²) < 4.78 is 0. The molecule has 1 aliphatic rings. The molecule has 3 rings (SSSR count). The van der Waals surface area contributed by atoms with Crippen LogP contribution in [0.15, 0.2) is 48.5 Å². The molecule has 0 radical (unpaired) electrons. The van der Waals surface area contributed by atoms with E-state index >= 15 is 0 Å². The quantitative estimate of drug-likeness (QED) is 0.932. The second kappa shape index (κ2) is 7.05. The number of amides is 2. The Hall–Kier alpha value is -2.33. The molecule has 1 saturated heterocycles. The number of piperazine rings is 1. The van der Waals surface area contributed by atoms with Crippen LogP contribution >= 0.6 is 11.6 Å². The Morgan fingerprint density at radius 1 is 1.21 bits per heavy atom. The van der Waals surface area contributed by atoms with Gasteiger partial charge < -0.3 is 10.2 Å². The molecule has 24 heavy (non-hydrogen) atoms. The number of carbonyl (C=O) groups is 2. The molecule has 0 aromatic heterocycles. The van der Waals surface area contributed by atoms with Crippen molar-refractivity contribution < 1.29 is 9.59 Å². The summed E-state index contributed by atoms with van der Waals surface area (Å²) >= 11 is 5.89. The average molecular weight is 343 g/mol. The summed E-state index contributed by atoms with van der Waals surface area (Å²) in [6.45, 7) is 2.95. The lowest BCUT2D eigenvalue weighted by Crippen LogP contribution is -2.52. The van der Waals surface area contributed by atoms with Gasteiger partial charge in [0.2, 0.25) is 11.8 Å². The summed E-state index contributed by atoms with van der Waals surface area (Å²) in [5.74, 6) is -0.180. The number of aryl methyl sites for hydroxylation is 1. The van der Waals surface area contributed by atoms with Crippen molar-refractivity contribution in [2.24, 2.45) is 0 Å². The summed E-state index contributed by atoms with van der Waals surface area (Å²) in [7, 11) is 0. The van der Waals surface area contributed by atoms with Gasteiger partial charge in [0, 0.05) is 18.1 Å². The fourth-order valence-electron chi connectivity index (χ4n) is 3.02. The molecule has 2 amide bonds. The van der Waals surface area contributed by atoms with Crippen LogP contribution < -0.4 is 5.32 Å². The van der Waals surface area contributed by atoms with Crippen molar-refractivity contribution in [2.45, 2.75) is 19.4 Å². The normalized spacial score (nSPS) is 17.5. The summed E-state index contributed by atoms with van der Waals surface area (Å²) in [5.41, 5.74) is 2.77. The van der Waals surface area contributed by atoms with Crippen molar-refractivity contribution in [3.05, 3.63) is 70.2 Å². The molecule has 1 unspecified atom stereocenters. The van der Waals surface area contributed by atoms with Gasteiger partial charge in [-0.25, -0.2) is 0 Å². The maximum Gasteiger partial charge on any atom is 0.247 e. The molecular weight excluding hydrogens is 324 g/mol. The number of rotatable bonds is 3. The molecule has 2 aromatic carbocycles. The van der Waals surface area contributed by atoms with Crippen molar-refractivity contribution >= 4 is 23.4 Å². The van der Waals surface area contributed by atoms with Crippen LogP contribution in [0.4, 0.5) is 0 Å². The van der Waals surface area contributed by atoms with Crippen LogP contribution in [0.2, 0.25) is 5.02 Å². The second-order valence-electron chi connectivity index (χ2n) is 5.94. The number of halogens is 1. The Bertz CT molecular complexity index is 758. The Labute approximate surface area is 146 Å². The number of nitrogens with zero attached hydrogens (tertiary/aromatic N) is 1.